The number of nitrogens with zero attached hydrogens (tertiary/aromatic N) is 2. The van der Waals surface area contributed by atoms with Gasteiger partial charge in [0.2, 0.25) is 0 Å². The van der Waals surface area contributed by atoms with Crippen molar-refractivity contribution in [3.05, 3.63) is 60.2 Å². The van der Waals surface area contributed by atoms with Gasteiger partial charge in [0.05, 0.1) is 7.11 Å². The van der Waals surface area contributed by atoms with E-state index in [1.54, 1.807) is 7.11 Å². The number of anilines is 1. The quantitative estimate of drug-likeness (QED) is 0.887. The Morgan fingerprint density at radius 1 is 0.913 bits per heavy atom. The van der Waals surface area contributed by atoms with Crippen molar-refractivity contribution >= 4 is 5.69 Å². The largest absolute Gasteiger partial charge is 0.496 e. The first-order valence-electron chi connectivity index (χ1n) is 8.27. The van der Waals surface area contributed by atoms with Crippen molar-refractivity contribution in [2.24, 2.45) is 0 Å². The summed E-state index contributed by atoms with van der Waals surface area (Å²) in [6, 6.07) is 18.9. The van der Waals surface area contributed by atoms with Crippen molar-refractivity contribution < 1.29 is 4.74 Å². The van der Waals surface area contributed by atoms with Crippen LogP contribution in [0, 0.1) is 0 Å². The number of para-hydroxylation sites is 2. The number of benzene rings is 2. The van der Waals surface area contributed by atoms with E-state index in [0.29, 0.717) is 0 Å². The van der Waals surface area contributed by atoms with Gasteiger partial charge in [-0.25, -0.2) is 5.01 Å². The van der Waals surface area contributed by atoms with Crippen molar-refractivity contribution in [1.82, 2.24) is 10.4 Å². The molecule has 1 fully saturated rings. The molecular formula is C19H25N3O. The van der Waals surface area contributed by atoms with Crippen molar-refractivity contribution in [3.63, 3.8) is 0 Å². The summed E-state index contributed by atoms with van der Waals surface area (Å²) in [5.41, 5.74) is 6.12. The predicted octanol–water partition coefficient (Wildman–Crippen LogP) is 2.56. The molecule has 3 rings (SSSR count). The molecule has 1 N–H and O–H groups in total. The fourth-order valence-corrected chi connectivity index (χ4v) is 3.02. The molecule has 0 saturated carbocycles. The molecule has 1 aliphatic heterocycles. The third kappa shape index (κ3) is 4.24. The van der Waals surface area contributed by atoms with Crippen LogP contribution in [0.1, 0.15) is 5.56 Å². The van der Waals surface area contributed by atoms with Crippen LogP contribution in [0.25, 0.3) is 0 Å². The zero-order valence-electron chi connectivity index (χ0n) is 13.7. The molecule has 1 aliphatic rings. The topological polar surface area (TPSA) is 27.7 Å². The van der Waals surface area contributed by atoms with Gasteiger partial charge >= 0.3 is 0 Å². The molecule has 1 saturated heterocycles. The molecule has 0 aliphatic carbocycles. The number of hydrogen-bond acceptors (Lipinski definition) is 4. The zero-order chi connectivity index (χ0) is 15.9. The van der Waals surface area contributed by atoms with E-state index in [9.17, 15) is 0 Å². The summed E-state index contributed by atoms with van der Waals surface area (Å²) < 4.78 is 5.40. The fourth-order valence-electron chi connectivity index (χ4n) is 3.02. The number of methoxy groups -OCH3 is 1. The molecule has 0 aromatic heterocycles. The Hall–Kier alpha value is -2.04. The maximum Gasteiger partial charge on any atom is 0.122 e. The minimum absolute atomic E-state index is 0.936. The summed E-state index contributed by atoms with van der Waals surface area (Å²) in [6.45, 7) is 5.14. The smallest absolute Gasteiger partial charge is 0.122 e. The summed E-state index contributed by atoms with van der Waals surface area (Å²) in [6.07, 6.45) is 0.975. The average molecular weight is 311 g/mol. The molecule has 4 heteroatoms. The van der Waals surface area contributed by atoms with Crippen molar-refractivity contribution in [2.75, 3.05) is 44.7 Å². The molecule has 0 atom stereocenters. The maximum absolute atomic E-state index is 5.40. The minimum Gasteiger partial charge on any atom is -0.496 e. The van der Waals surface area contributed by atoms with E-state index in [1.807, 2.05) is 12.1 Å². The lowest BCUT2D eigenvalue weighted by Gasteiger charge is -2.36. The Balaban J connectivity index is 1.43. The summed E-state index contributed by atoms with van der Waals surface area (Å²) >= 11 is 0. The highest BCUT2D eigenvalue weighted by Gasteiger charge is 2.16. The molecule has 122 valence electrons. The highest BCUT2D eigenvalue weighted by molar-refractivity contribution is 5.46. The first kappa shape index (κ1) is 15.8. The molecule has 23 heavy (non-hydrogen) atoms. The third-order valence-corrected chi connectivity index (χ3v) is 4.32. The number of ether oxygens (including phenoxy) is 1. The Morgan fingerprint density at radius 3 is 2.35 bits per heavy atom. The first-order valence-corrected chi connectivity index (χ1v) is 8.27. The van der Waals surface area contributed by atoms with E-state index < -0.39 is 0 Å². The lowest BCUT2D eigenvalue weighted by molar-refractivity contribution is 0.177. The van der Waals surface area contributed by atoms with Crippen molar-refractivity contribution in [2.45, 2.75) is 6.42 Å². The molecule has 0 amide bonds. The molecule has 1 heterocycles. The lowest BCUT2D eigenvalue weighted by Crippen LogP contribution is -2.52. The van der Waals surface area contributed by atoms with Gasteiger partial charge in [-0.1, -0.05) is 36.4 Å². The van der Waals surface area contributed by atoms with E-state index in [1.165, 1.54) is 11.3 Å². The van der Waals surface area contributed by atoms with E-state index in [0.717, 1.165) is 44.9 Å². The Bertz CT molecular complexity index is 595. The van der Waals surface area contributed by atoms with Crippen LogP contribution in [0.4, 0.5) is 5.69 Å². The SMILES string of the molecule is COc1ccccc1CCNN1CCN(c2ccccc2)CC1. The summed E-state index contributed by atoms with van der Waals surface area (Å²) in [5.74, 6) is 0.975. The van der Waals surface area contributed by atoms with Crippen LogP contribution in [0.15, 0.2) is 54.6 Å². The van der Waals surface area contributed by atoms with Gasteiger partial charge in [-0.3, -0.25) is 5.43 Å². The van der Waals surface area contributed by atoms with E-state index in [4.69, 9.17) is 4.74 Å². The summed E-state index contributed by atoms with van der Waals surface area (Å²) in [5, 5.41) is 2.33. The van der Waals surface area contributed by atoms with E-state index >= 15 is 0 Å². The zero-order valence-corrected chi connectivity index (χ0v) is 13.7. The molecule has 0 radical (unpaired) electrons. The summed E-state index contributed by atoms with van der Waals surface area (Å²) in [7, 11) is 1.73. The van der Waals surface area contributed by atoms with Crippen molar-refractivity contribution in [1.29, 1.82) is 0 Å². The third-order valence-electron chi connectivity index (χ3n) is 4.32. The highest BCUT2D eigenvalue weighted by Crippen LogP contribution is 2.17. The minimum atomic E-state index is 0.936. The maximum atomic E-state index is 5.40. The second kappa shape index (κ2) is 7.99. The fraction of sp³-hybridized carbons (Fsp3) is 0.368. The highest BCUT2D eigenvalue weighted by atomic mass is 16.5. The molecule has 0 bridgehead atoms. The van der Waals surface area contributed by atoms with E-state index in [-0.39, 0.29) is 0 Å². The average Bonchev–Trinajstić information content (AvgIpc) is 2.63. The Labute approximate surface area is 138 Å². The molecule has 2 aromatic carbocycles. The van der Waals surface area contributed by atoms with Crippen LogP contribution in [0.5, 0.6) is 5.75 Å². The van der Waals surface area contributed by atoms with Gasteiger partial charge < -0.3 is 9.64 Å². The number of hydrogen-bond donors (Lipinski definition) is 1. The standard InChI is InChI=1S/C19H25N3O/c1-23-19-10-6-5-7-17(19)11-12-20-22-15-13-21(14-16-22)18-8-3-2-4-9-18/h2-10,20H,11-16H2,1H3. The van der Waals surface area contributed by atoms with Crippen molar-refractivity contribution in [3.8, 4) is 5.75 Å². The monoisotopic (exact) mass is 311 g/mol. The Kier molecular flexibility index (Phi) is 5.51. The van der Waals surface area contributed by atoms with Gasteiger partial charge in [0, 0.05) is 38.4 Å². The molecular weight excluding hydrogens is 286 g/mol. The molecule has 0 spiro atoms. The lowest BCUT2D eigenvalue weighted by atomic mass is 10.1. The van der Waals surface area contributed by atoms with Gasteiger partial charge in [0.1, 0.15) is 5.75 Å². The number of piperazine rings is 1. The predicted molar refractivity (Wildman–Crippen MR) is 94.9 cm³/mol. The van der Waals surface area contributed by atoms with Gasteiger partial charge in [-0.05, 0) is 30.2 Å². The van der Waals surface area contributed by atoms with E-state index in [2.05, 4.69) is 57.8 Å². The summed E-state index contributed by atoms with van der Waals surface area (Å²) in [4.78, 5) is 2.44. The normalized spacial score (nSPS) is 15.6. The molecule has 2 aromatic rings. The second-order valence-electron chi connectivity index (χ2n) is 5.78. The number of hydrazine groups is 1. The molecule has 0 unspecified atom stereocenters. The number of rotatable bonds is 6. The number of nitrogens with one attached hydrogen (secondary N) is 1. The molecule has 4 nitrogen and oxygen atoms in total. The van der Waals surface area contributed by atoms with Crippen LogP contribution >= 0.6 is 0 Å². The van der Waals surface area contributed by atoms with Gasteiger partial charge in [-0.2, -0.15) is 0 Å². The Morgan fingerprint density at radius 2 is 1.61 bits per heavy atom. The van der Waals surface area contributed by atoms with Crippen LogP contribution in [0.2, 0.25) is 0 Å². The van der Waals surface area contributed by atoms with Crippen LogP contribution < -0.4 is 15.1 Å². The van der Waals surface area contributed by atoms with Gasteiger partial charge in [0.25, 0.3) is 0 Å². The van der Waals surface area contributed by atoms with Gasteiger partial charge in [-0.15, -0.1) is 0 Å². The van der Waals surface area contributed by atoms with Crippen LogP contribution in [-0.4, -0.2) is 44.8 Å². The first-order chi connectivity index (χ1) is 11.4. The van der Waals surface area contributed by atoms with Crippen LogP contribution in [-0.2, 0) is 6.42 Å². The van der Waals surface area contributed by atoms with Gasteiger partial charge in [0.15, 0.2) is 0 Å². The second-order valence-corrected chi connectivity index (χ2v) is 5.78. The van der Waals surface area contributed by atoms with Crippen LogP contribution in [0.3, 0.4) is 0 Å².